The SMILES string of the molecule is CC(C)OC(OC(C)C)C(C)Sc1ccccc1. The van der Waals surface area contributed by atoms with Crippen LogP contribution in [-0.2, 0) is 9.47 Å². The first-order valence-corrected chi connectivity index (χ1v) is 7.39. The van der Waals surface area contributed by atoms with Gasteiger partial charge < -0.3 is 9.47 Å². The van der Waals surface area contributed by atoms with Gasteiger partial charge in [-0.05, 0) is 46.8 Å². The third-order valence-corrected chi connectivity index (χ3v) is 3.40. The number of thioether (sulfide) groups is 1. The van der Waals surface area contributed by atoms with Crippen LogP contribution >= 0.6 is 11.8 Å². The lowest BCUT2D eigenvalue weighted by atomic mass is 10.4. The molecule has 0 aliphatic heterocycles. The first-order valence-electron chi connectivity index (χ1n) is 6.51. The van der Waals surface area contributed by atoms with E-state index in [0.717, 1.165) is 0 Å². The van der Waals surface area contributed by atoms with E-state index in [1.54, 1.807) is 11.8 Å². The summed E-state index contributed by atoms with van der Waals surface area (Å²) < 4.78 is 11.7. The monoisotopic (exact) mass is 268 g/mol. The quantitative estimate of drug-likeness (QED) is 0.541. The van der Waals surface area contributed by atoms with Gasteiger partial charge in [0.15, 0.2) is 6.29 Å². The Kier molecular flexibility index (Phi) is 6.76. The van der Waals surface area contributed by atoms with Gasteiger partial charge in [0.05, 0.1) is 17.5 Å². The Morgan fingerprint density at radius 1 is 0.833 bits per heavy atom. The molecule has 0 fully saturated rings. The highest BCUT2D eigenvalue weighted by Gasteiger charge is 2.22. The van der Waals surface area contributed by atoms with Gasteiger partial charge in [0.2, 0.25) is 0 Å². The molecule has 2 nitrogen and oxygen atoms in total. The van der Waals surface area contributed by atoms with Gasteiger partial charge in [-0.1, -0.05) is 18.2 Å². The predicted molar refractivity (Wildman–Crippen MR) is 78.0 cm³/mol. The molecule has 1 unspecified atom stereocenters. The molecule has 0 saturated heterocycles. The summed E-state index contributed by atoms with van der Waals surface area (Å²) in [5.41, 5.74) is 0. The van der Waals surface area contributed by atoms with Crippen LogP contribution in [0.3, 0.4) is 0 Å². The minimum atomic E-state index is -0.171. The fraction of sp³-hybridized carbons (Fsp3) is 0.600. The van der Waals surface area contributed by atoms with Gasteiger partial charge in [-0.3, -0.25) is 0 Å². The van der Waals surface area contributed by atoms with E-state index in [1.807, 2.05) is 33.8 Å². The summed E-state index contributed by atoms with van der Waals surface area (Å²) in [7, 11) is 0. The van der Waals surface area contributed by atoms with Crippen molar-refractivity contribution in [1.82, 2.24) is 0 Å². The van der Waals surface area contributed by atoms with Crippen LogP contribution in [-0.4, -0.2) is 23.7 Å². The van der Waals surface area contributed by atoms with Gasteiger partial charge in [-0.2, -0.15) is 0 Å². The van der Waals surface area contributed by atoms with E-state index < -0.39 is 0 Å². The molecule has 102 valence electrons. The summed E-state index contributed by atoms with van der Waals surface area (Å²) in [5.74, 6) is 0. The second-order valence-corrected chi connectivity index (χ2v) is 6.32. The van der Waals surface area contributed by atoms with Crippen molar-refractivity contribution in [3.63, 3.8) is 0 Å². The zero-order valence-electron chi connectivity index (χ0n) is 11.9. The first kappa shape index (κ1) is 15.5. The topological polar surface area (TPSA) is 18.5 Å². The largest absolute Gasteiger partial charge is 0.349 e. The van der Waals surface area contributed by atoms with E-state index in [1.165, 1.54) is 4.90 Å². The van der Waals surface area contributed by atoms with E-state index in [-0.39, 0.29) is 23.7 Å². The van der Waals surface area contributed by atoms with Crippen LogP contribution in [0.25, 0.3) is 0 Å². The summed E-state index contributed by atoms with van der Waals surface area (Å²) in [6.45, 7) is 10.3. The molecule has 0 aliphatic carbocycles. The molecule has 0 aromatic heterocycles. The molecule has 18 heavy (non-hydrogen) atoms. The molecule has 0 radical (unpaired) electrons. The Labute approximate surface area is 115 Å². The molecule has 1 atom stereocenters. The summed E-state index contributed by atoms with van der Waals surface area (Å²) in [5, 5.41) is 0.261. The lowest BCUT2D eigenvalue weighted by Crippen LogP contribution is -2.32. The lowest BCUT2D eigenvalue weighted by molar-refractivity contribution is -0.178. The van der Waals surface area contributed by atoms with Crippen molar-refractivity contribution >= 4 is 11.8 Å². The molecule has 0 N–H and O–H groups in total. The van der Waals surface area contributed by atoms with Crippen molar-refractivity contribution in [3.8, 4) is 0 Å². The standard InChI is InChI=1S/C15H24O2S/c1-11(2)16-15(17-12(3)4)13(5)18-14-9-7-6-8-10-14/h6-13,15H,1-5H3. The van der Waals surface area contributed by atoms with Crippen molar-refractivity contribution < 1.29 is 9.47 Å². The normalized spacial score (nSPS) is 13.6. The molecule has 1 rings (SSSR count). The van der Waals surface area contributed by atoms with Gasteiger partial charge in [0.25, 0.3) is 0 Å². The van der Waals surface area contributed by atoms with Crippen LogP contribution in [0.15, 0.2) is 35.2 Å². The van der Waals surface area contributed by atoms with E-state index >= 15 is 0 Å². The Balaban J connectivity index is 2.60. The van der Waals surface area contributed by atoms with Crippen LogP contribution < -0.4 is 0 Å². The number of hydrogen-bond donors (Lipinski definition) is 0. The molecular weight excluding hydrogens is 244 g/mol. The smallest absolute Gasteiger partial charge is 0.170 e. The molecule has 0 amide bonds. The third-order valence-electron chi connectivity index (χ3n) is 2.26. The maximum atomic E-state index is 5.85. The van der Waals surface area contributed by atoms with Gasteiger partial charge >= 0.3 is 0 Å². The average molecular weight is 268 g/mol. The molecular formula is C15H24O2S. The van der Waals surface area contributed by atoms with E-state index in [9.17, 15) is 0 Å². The minimum Gasteiger partial charge on any atom is -0.349 e. The van der Waals surface area contributed by atoms with Crippen molar-refractivity contribution in [2.24, 2.45) is 0 Å². The Bertz CT molecular complexity index is 315. The number of hydrogen-bond acceptors (Lipinski definition) is 3. The number of rotatable bonds is 7. The van der Waals surface area contributed by atoms with Crippen molar-refractivity contribution in [2.45, 2.75) is 63.3 Å². The lowest BCUT2D eigenvalue weighted by Gasteiger charge is -2.27. The van der Waals surface area contributed by atoms with Gasteiger partial charge in [0.1, 0.15) is 0 Å². The second kappa shape index (κ2) is 7.82. The molecule has 1 aromatic carbocycles. The highest BCUT2D eigenvalue weighted by atomic mass is 32.2. The number of ether oxygens (including phenoxy) is 2. The molecule has 0 spiro atoms. The summed E-state index contributed by atoms with van der Waals surface area (Å²) in [6, 6.07) is 10.4. The first-order chi connectivity index (χ1) is 8.49. The van der Waals surface area contributed by atoms with Gasteiger partial charge in [-0.25, -0.2) is 0 Å². The Morgan fingerprint density at radius 2 is 1.33 bits per heavy atom. The number of benzene rings is 1. The Morgan fingerprint density at radius 3 is 1.78 bits per heavy atom. The van der Waals surface area contributed by atoms with E-state index in [0.29, 0.717) is 0 Å². The van der Waals surface area contributed by atoms with Gasteiger partial charge in [0, 0.05) is 4.90 Å². The van der Waals surface area contributed by atoms with Crippen LogP contribution in [0.5, 0.6) is 0 Å². The van der Waals surface area contributed by atoms with Crippen molar-refractivity contribution in [2.75, 3.05) is 0 Å². The van der Waals surface area contributed by atoms with E-state index in [2.05, 4.69) is 31.2 Å². The average Bonchev–Trinajstić information content (AvgIpc) is 2.28. The fourth-order valence-electron chi connectivity index (χ4n) is 1.56. The van der Waals surface area contributed by atoms with Crippen molar-refractivity contribution in [1.29, 1.82) is 0 Å². The highest BCUT2D eigenvalue weighted by Crippen LogP contribution is 2.27. The maximum absolute atomic E-state index is 5.85. The zero-order chi connectivity index (χ0) is 13.5. The van der Waals surface area contributed by atoms with E-state index in [4.69, 9.17) is 9.47 Å². The predicted octanol–water partition coefficient (Wildman–Crippen LogP) is 4.34. The Hall–Kier alpha value is -0.510. The summed E-state index contributed by atoms with van der Waals surface area (Å²) >= 11 is 1.79. The maximum Gasteiger partial charge on any atom is 0.170 e. The molecule has 0 saturated carbocycles. The molecule has 0 heterocycles. The van der Waals surface area contributed by atoms with Gasteiger partial charge in [-0.15, -0.1) is 11.8 Å². The molecule has 3 heteroatoms. The van der Waals surface area contributed by atoms with Crippen molar-refractivity contribution in [3.05, 3.63) is 30.3 Å². The summed E-state index contributed by atoms with van der Waals surface area (Å²) in [4.78, 5) is 1.25. The van der Waals surface area contributed by atoms with Crippen LogP contribution in [0.4, 0.5) is 0 Å². The van der Waals surface area contributed by atoms with Crippen LogP contribution in [0.2, 0.25) is 0 Å². The molecule has 0 aliphatic rings. The third kappa shape index (κ3) is 5.89. The molecule has 1 aromatic rings. The summed E-state index contributed by atoms with van der Waals surface area (Å²) in [6.07, 6.45) is 0.176. The zero-order valence-corrected chi connectivity index (χ0v) is 12.7. The van der Waals surface area contributed by atoms with Crippen LogP contribution in [0.1, 0.15) is 34.6 Å². The van der Waals surface area contributed by atoms with Crippen LogP contribution in [0, 0.1) is 0 Å². The fourth-order valence-corrected chi connectivity index (χ4v) is 2.54. The highest BCUT2D eigenvalue weighted by molar-refractivity contribution is 8.00. The minimum absolute atomic E-state index is 0.171. The second-order valence-electron chi connectivity index (χ2n) is 4.87. The molecule has 0 bridgehead atoms.